The molecule has 0 saturated carbocycles. The highest BCUT2D eigenvalue weighted by Crippen LogP contribution is 2.34. The molecule has 4 atom stereocenters. The number of nitrogens with zero attached hydrogens (tertiary/aromatic N) is 8. The number of amides is 2. The van der Waals surface area contributed by atoms with Crippen LogP contribution in [0.4, 0.5) is 5.82 Å². The van der Waals surface area contributed by atoms with Crippen LogP contribution in [0.25, 0.3) is 21.6 Å². The van der Waals surface area contributed by atoms with Crippen LogP contribution < -0.4 is 15.4 Å². The van der Waals surface area contributed by atoms with Gasteiger partial charge >= 0.3 is 0 Å². The summed E-state index contributed by atoms with van der Waals surface area (Å²) in [7, 11) is 1.41. The first kappa shape index (κ1) is 28.3. The zero-order valence-electron chi connectivity index (χ0n) is 21.9. The van der Waals surface area contributed by atoms with Crippen LogP contribution in [0.1, 0.15) is 11.8 Å². The topological polar surface area (TPSA) is 202 Å². The molecule has 2 fully saturated rings. The van der Waals surface area contributed by atoms with Gasteiger partial charge in [-0.3, -0.25) is 14.2 Å². The van der Waals surface area contributed by atoms with Crippen molar-refractivity contribution in [1.82, 2.24) is 29.7 Å². The van der Waals surface area contributed by atoms with Crippen molar-refractivity contribution in [2.75, 3.05) is 45.3 Å². The predicted octanol–water partition coefficient (Wildman–Crippen LogP) is 1.01. The van der Waals surface area contributed by atoms with Gasteiger partial charge in [0.2, 0.25) is 5.91 Å². The summed E-state index contributed by atoms with van der Waals surface area (Å²) in [6.45, 7) is 2.14. The second-order valence-corrected chi connectivity index (χ2v) is 9.62. The highest BCUT2D eigenvalue weighted by Gasteiger charge is 2.48. The number of ether oxygens (including phenoxy) is 3. The first-order valence-corrected chi connectivity index (χ1v) is 13.1. The van der Waals surface area contributed by atoms with Crippen LogP contribution in [0, 0.1) is 0 Å². The molecule has 4 heterocycles. The Morgan fingerprint density at radius 2 is 2.10 bits per heavy atom. The van der Waals surface area contributed by atoms with Crippen molar-refractivity contribution in [2.24, 2.45) is 5.11 Å². The molecule has 0 radical (unpaired) electrons. The highest BCUT2D eigenvalue weighted by molar-refractivity contribution is 6.30. The smallest absolute Gasteiger partial charge is 0.260 e. The fourth-order valence-corrected chi connectivity index (χ4v) is 4.85. The lowest BCUT2D eigenvalue weighted by Crippen LogP contribution is -2.43. The van der Waals surface area contributed by atoms with Crippen LogP contribution in [-0.4, -0.2) is 99.5 Å². The van der Waals surface area contributed by atoms with E-state index in [1.807, 2.05) is 0 Å². The molecule has 2 aliphatic heterocycles. The first-order valence-electron chi connectivity index (χ1n) is 12.7. The van der Waals surface area contributed by atoms with Crippen molar-refractivity contribution in [3.05, 3.63) is 51.9 Å². The molecule has 216 valence electrons. The van der Waals surface area contributed by atoms with Gasteiger partial charge in [-0.05, 0) is 23.7 Å². The third-order valence-corrected chi connectivity index (χ3v) is 6.98. The Morgan fingerprint density at radius 3 is 2.85 bits per heavy atom. The van der Waals surface area contributed by atoms with Gasteiger partial charge in [-0.25, -0.2) is 15.0 Å². The van der Waals surface area contributed by atoms with Gasteiger partial charge in [-0.15, -0.1) is 0 Å². The van der Waals surface area contributed by atoms with Crippen LogP contribution >= 0.6 is 11.6 Å². The third-order valence-electron chi connectivity index (χ3n) is 6.74. The van der Waals surface area contributed by atoms with Gasteiger partial charge in [-0.2, -0.15) is 0 Å². The number of aliphatic hydroxyl groups is 1. The van der Waals surface area contributed by atoms with E-state index in [1.165, 1.54) is 24.3 Å². The second-order valence-electron chi connectivity index (χ2n) is 9.18. The van der Waals surface area contributed by atoms with E-state index in [0.29, 0.717) is 59.6 Å². The largest absolute Gasteiger partial charge is 0.483 e. The van der Waals surface area contributed by atoms with Crippen LogP contribution in [0.2, 0.25) is 5.02 Å². The number of hydrogen-bond donors (Lipinski definition) is 3. The van der Waals surface area contributed by atoms with Crippen LogP contribution in [0.15, 0.2) is 36.0 Å². The molecule has 17 heteroatoms. The number of rotatable bonds is 9. The van der Waals surface area contributed by atoms with Crippen LogP contribution in [0.3, 0.4) is 0 Å². The van der Waals surface area contributed by atoms with Gasteiger partial charge in [0, 0.05) is 42.2 Å². The predicted molar refractivity (Wildman–Crippen MR) is 144 cm³/mol. The number of carbonyl (C=O) groups is 2. The standard InChI is InChI=1S/C24H27ClN10O6/c1-27-23(38)20-17(32-33-26)19(37)24(41-20)35-12-31-18-21(29-11-30-22(18)35)28-9-13-8-14(25)2-3-15(13)40-10-16(36)34-4-6-39-7-5-34/h2-3,8,11-12,17,19-20,24,37H,4-7,9-10H2,1H3,(H,27,38)(H,28,29,30)/t17-,19+,20-,24+/m0/s1. The second kappa shape index (κ2) is 12.5. The van der Waals surface area contributed by atoms with Gasteiger partial charge in [0.15, 0.2) is 29.8 Å². The van der Waals surface area contributed by atoms with Crippen molar-refractivity contribution in [3.63, 3.8) is 0 Å². The lowest BCUT2D eigenvalue weighted by Gasteiger charge is -2.26. The minimum absolute atomic E-state index is 0.131. The molecule has 0 unspecified atom stereocenters. The zero-order chi connectivity index (χ0) is 28.9. The van der Waals surface area contributed by atoms with Crippen molar-refractivity contribution < 1.29 is 28.9 Å². The molecule has 0 spiro atoms. The fraction of sp³-hybridized carbons (Fsp3) is 0.458. The molecular weight excluding hydrogens is 560 g/mol. The number of azide groups is 1. The maximum Gasteiger partial charge on any atom is 0.260 e. The number of likely N-dealkylation sites (N-methyl/N-ethyl adjacent to an activating group) is 1. The Bertz CT molecular complexity index is 1470. The summed E-state index contributed by atoms with van der Waals surface area (Å²) < 4.78 is 18.4. The minimum Gasteiger partial charge on any atom is -0.483 e. The van der Waals surface area contributed by atoms with Gasteiger partial charge in [0.1, 0.15) is 30.3 Å². The van der Waals surface area contributed by atoms with E-state index in [0.717, 1.165) is 0 Å². The summed E-state index contributed by atoms with van der Waals surface area (Å²) in [5.74, 6) is 0.163. The van der Waals surface area contributed by atoms with E-state index in [9.17, 15) is 14.7 Å². The summed E-state index contributed by atoms with van der Waals surface area (Å²) >= 11 is 6.24. The normalized spacial score (nSPS) is 22.3. The number of benzene rings is 1. The Hall–Kier alpha value is -4.21. The number of anilines is 1. The monoisotopic (exact) mass is 586 g/mol. The lowest BCUT2D eigenvalue weighted by molar-refractivity contribution is -0.137. The number of hydrogen-bond acceptors (Lipinski definition) is 11. The number of morpholine rings is 1. The molecule has 1 aromatic carbocycles. The van der Waals surface area contributed by atoms with E-state index in [1.54, 1.807) is 23.1 Å². The van der Waals surface area contributed by atoms with Crippen molar-refractivity contribution in [2.45, 2.75) is 31.0 Å². The first-order chi connectivity index (χ1) is 19.9. The average Bonchev–Trinajstić information content (AvgIpc) is 3.56. The van der Waals surface area contributed by atoms with Crippen molar-refractivity contribution >= 4 is 40.4 Å². The molecule has 41 heavy (non-hydrogen) atoms. The van der Waals surface area contributed by atoms with Gasteiger partial charge in [-0.1, -0.05) is 16.7 Å². The number of aromatic nitrogens is 4. The molecule has 2 aromatic heterocycles. The summed E-state index contributed by atoms with van der Waals surface area (Å²) in [4.78, 5) is 42.2. The maximum absolute atomic E-state index is 12.5. The Morgan fingerprint density at radius 1 is 1.29 bits per heavy atom. The molecule has 0 aliphatic carbocycles. The average molecular weight is 587 g/mol. The number of nitrogens with one attached hydrogen (secondary N) is 2. The number of imidazole rings is 1. The zero-order valence-corrected chi connectivity index (χ0v) is 22.6. The highest BCUT2D eigenvalue weighted by atomic mass is 35.5. The van der Waals surface area contributed by atoms with E-state index >= 15 is 0 Å². The van der Waals surface area contributed by atoms with E-state index < -0.39 is 30.4 Å². The van der Waals surface area contributed by atoms with Crippen molar-refractivity contribution in [1.29, 1.82) is 0 Å². The maximum atomic E-state index is 12.5. The molecule has 2 aliphatic rings. The number of aliphatic hydroxyl groups excluding tert-OH is 1. The number of carbonyl (C=O) groups excluding carboxylic acids is 2. The third kappa shape index (κ3) is 5.96. The van der Waals surface area contributed by atoms with Gasteiger partial charge in [0.05, 0.1) is 19.5 Å². The Labute approximate surface area is 238 Å². The summed E-state index contributed by atoms with van der Waals surface area (Å²) in [5, 5.41) is 20.5. The molecule has 16 nitrogen and oxygen atoms in total. The minimum atomic E-state index is -1.34. The van der Waals surface area contributed by atoms with Gasteiger partial charge < -0.3 is 34.9 Å². The van der Waals surface area contributed by atoms with Crippen LogP contribution in [-0.2, 0) is 25.6 Å². The number of fused-ring (bicyclic) bond motifs is 1. The van der Waals surface area contributed by atoms with E-state index in [-0.39, 0.29) is 19.1 Å². The van der Waals surface area contributed by atoms with Crippen molar-refractivity contribution in [3.8, 4) is 5.75 Å². The molecule has 2 saturated heterocycles. The summed E-state index contributed by atoms with van der Waals surface area (Å²) in [6, 6.07) is 3.93. The molecule has 5 rings (SSSR count). The lowest BCUT2D eigenvalue weighted by atomic mass is 10.1. The summed E-state index contributed by atoms with van der Waals surface area (Å²) in [6.07, 6.45) is -0.949. The quantitative estimate of drug-likeness (QED) is 0.184. The number of halogens is 1. The van der Waals surface area contributed by atoms with Crippen LogP contribution in [0.5, 0.6) is 5.75 Å². The Balaban J connectivity index is 1.33. The molecule has 0 bridgehead atoms. The molecule has 3 aromatic rings. The van der Waals surface area contributed by atoms with Gasteiger partial charge in [0.25, 0.3) is 5.91 Å². The Kier molecular flexibility index (Phi) is 8.66. The molecular formula is C24H27ClN10O6. The summed E-state index contributed by atoms with van der Waals surface area (Å²) in [5.41, 5.74) is 10.3. The SMILES string of the molecule is CNC(=O)[C@H]1O[C@@H](n2cnc3c(NCc4cc(Cl)ccc4OCC(=O)N4CCOCC4)ncnc32)[C@H](O)[C@@H]1N=[N+]=[N-]. The molecule has 2 amide bonds. The molecule has 3 N–H and O–H groups in total. The van der Waals surface area contributed by atoms with E-state index in [4.69, 9.17) is 31.3 Å². The fourth-order valence-electron chi connectivity index (χ4n) is 4.65. The van der Waals surface area contributed by atoms with E-state index in [2.05, 4.69) is 35.6 Å².